The quantitative estimate of drug-likeness (QED) is 0.829. The molecule has 0 saturated heterocycles. The maximum atomic E-state index is 11.8. The van der Waals surface area contributed by atoms with Crippen LogP contribution in [-0.4, -0.2) is 30.3 Å². The zero-order chi connectivity index (χ0) is 16.2. The molecule has 4 nitrogen and oxygen atoms in total. The lowest BCUT2D eigenvalue weighted by Gasteiger charge is -2.31. The number of alkyl carbamates (subject to hydrolysis) is 1. The van der Waals surface area contributed by atoms with Gasteiger partial charge in [-0.25, -0.2) is 4.79 Å². The zero-order valence-corrected chi connectivity index (χ0v) is 14.8. The summed E-state index contributed by atoms with van der Waals surface area (Å²) in [4.78, 5) is 11.8. The van der Waals surface area contributed by atoms with Crippen LogP contribution < -0.4 is 10.6 Å². The molecule has 2 atom stereocenters. The minimum absolute atomic E-state index is 0.274. The molecule has 128 valence electrons. The SMILES string of the molecule is CC1CCC(CNC2CCC(NC(=O)OC(C)(C)C)CC2)C1. The van der Waals surface area contributed by atoms with Crippen molar-refractivity contribution in [1.82, 2.24) is 10.6 Å². The molecule has 0 bridgehead atoms. The van der Waals surface area contributed by atoms with Crippen molar-refractivity contribution in [3.8, 4) is 0 Å². The molecule has 2 aliphatic carbocycles. The van der Waals surface area contributed by atoms with Crippen LogP contribution in [0.3, 0.4) is 0 Å². The average molecular weight is 310 g/mol. The van der Waals surface area contributed by atoms with Gasteiger partial charge in [-0.05, 0) is 77.7 Å². The van der Waals surface area contributed by atoms with Gasteiger partial charge in [-0.15, -0.1) is 0 Å². The second-order valence-electron chi connectivity index (χ2n) is 8.39. The van der Waals surface area contributed by atoms with Crippen molar-refractivity contribution in [2.75, 3.05) is 6.54 Å². The maximum absolute atomic E-state index is 11.8. The number of carbonyl (C=O) groups excluding carboxylic acids is 1. The molecule has 0 aliphatic heterocycles. The van der Waals surface area contributed by atoms with Gasteiger partial charge in [0, 0.05) is 12.1 Å². The molecule has 0 aromatic carbocycles. The topological polar surface area (TPSA) is 50.4 Å². The highest BCUT2D eigenvalue weighted by Crippen LogP contribution is 2.30. The number of carbonyl (C=O) groups is 1. The minimum Gasteiger partial charge on any atom is -0.444 e. The normalized spacial score (nSPS) is 32.7. The summed E-state index contributed by atoms with van der Waals surface area (Å²) in [6, 6.07) is 0.909. The molecule has 2 fully saturated rings. The largest absolute Gasteiger partial charge is 0.444 e. The van der Waals surface area contributed by atoms with E-state index < -0.39 is 5.60 Å². The van der Waals surface area contributed by atoms with E-state index in [4.69, 9.17) is 4.74 Å². The van der Waals surface area contributed by atoms with Crippen LogP contribution >= 0.6 is 0 Å². The monoisotopic (exact) mass is 310 g/mol. The Bertz CT molecular complexity index is 357. The Labute approximate surface area is 135 Å². The van der Waals surface area contributed by atoms with Crippen molar-refractivity contribution in [1.29, 1.82) is 0 Å². The first kappa shape index (κ1) is 17.6. The van der Waals surface area contributed by atoms with Gasteiger partial charge < -0.3 is 15.4 Å². The molecular formula is C18H34N2O2. The molecule has 0 radical (unpaired) electrons. The fourth-order valence-electron chi connectivity index (χ4n) is 3.76. The van der Waals surface area contributed by atoms with Crippen molar-refractivity contribution < 1.29 is 9.53 Å². The van der Waals surface area contributed by atoms with Gasteiger partial charge in [0.1, 0.15) is 5.60 Å². The van der Waals surface area contributed by atoms with E-state index in [1.165, 1.54) is 25.8 Å². The molecule has 2 aliphatic rings. The van der Waals surface area contributed by atoms with Crippen molar-refractivity contribution >= 4 is 6.09 Å². The molecule has 2 unspecified atom stereocenters. The van der Waals surface area contributed by atoms with E-state index in [1.54, 1.807) is 0 Å². The summed E-state index contributed by atoms with van der Waals surface area (Å²) in [6.45, 7) is 9.25. The molecule has 0 aromatic heterocycles. The Kier molecular flexibility index (Phi) is 6.13. The summed E-state index contributed by atoms with van der Waals surface area (Å²) in [7, 11) is 0. The van der Waals surface area contributed by atoms with Crippen LogP contribution in [0.15, 0.2) is 0 Å². The van der Waals surface area contributed by atoms with Gasteiger partial charge in [0.15, 0.2) is 0 Å². The van der Waals surface area contributed by atoms with E-state index >= 15 is 0 Å². The third-order valence-electron chi connectivity index (χ3n) is 4.95. The third kappa shape index (κ3) is 6.15. The Balaban J connectivity index is 1.60. The molecule has 2 rings (SSSR count). The number of ether oxygens (including phenoxy) is 1. The van der Waals surface area contributed by atoms with Crippen LogP contribution in [0.4, 0.5) is 4.79 Å². The van der Waals surface area contributed by atoms with Crippen molar-refractivity contribution in [2.45, 2.75) is 90.3 Å². The van der Waals surface area contributed by atoms with Crippen LogP contribution in [-0.2, 0) is 4.74 Å². The zero-order valence-electron chi connectivity index (χ0n) is 14.8. The van der Waals surface area contributed by atoms with Gasteiger partial charge in [0.2, 0.25) is 0 Å². The maximum Gasteiger partial charge on any atom is 0.407 e. The molecule has 22 heavy (non-hydrogen) atoms. The van der Waals surface area contributed by atoms with Gasteiger partial charge in [-0.1, -0.05) is 13.3 Å². The van der Waals surface area contributed by atoms with Crippen molar-refractivity contribution in [3.63, 3.8) is 0 Å². The Morgan fingerprint density at radius 3 is 2.23 bits per heavy atom. The Morgan fingerprint density at radius 1 is 1.05 bits per heavy atom. The predicted molar refractivity (Wildman–Crippen MR) is 89.9 cm³/mol. The lowest BCUT2D eigenvalue weighted by Crippen LogP contribution is -2.44. The Morgan fingerprint density at radius 2 is 1.68 bits per heavy atom. The van der Waals surface area contributed by atoms with Crippen LogP contribution in [0.5, 0.6) is 0 Å². The highest BCUT2D eigenvalue weighted by Gasteiger charge is 2.26. The van der Waals surface area contributed by atoms with Gasteiger partial charge in [0.05, 0.1) is 0 Å². The number of amides is 1. The fraction of sp³-hybridized carbons (Fsp3) is 0.944. The number of hydrogen-bond acceptors (Lipinski definition) is 3. The van der Waals surface area contributed by atoms with Crippen LogP contribution in [0.25, 0.3) is 0 Å². The first-order chi connectivity index (χ1) is 10.3. The smallest absolute Gasteiger partial charge is 0.407 e. The molecule has 1 amide bonds. The molecule has 0 heterocycles. The molecule has 2 N–H and O–H groups in total. The van der Waals surface area contributed by atoms with Crippen LogP contribution in [0.2, 0.25) is 0 Å². The van der Waals surface area contributed by atoms with Gasteiger partial charge in [-0.2, -0.15) is 0 Å². The average Bonchev–Trinajstić information content (AvgIpc) is 2.81. The Hall–Kier alpha value is -0.770. The molecule has 0 spiro atoms. The lowest BCUT2D eigenvalue weighted by molar-refractivity contribution is 0.0489. The highest BCUT2D eigenvalue weighted by molar-refractivity contribution is 5.68. The van der Waals surface area contributed by atoms with E-state index in [0.717, 1.165) is 37.5 Å². The third-order valence-corrected chi connectivity index (χ3v) is 4.95. The summed E-state index contributed by atoms with van der Waals surface area (Å²) in [5.74, 6) is 1.80. The van der Waals surface area contributed by atoms with Gasteiger partial charge in [0.25, 0.3) is 0 Å². The van der Waals surface area contributed by atoms with Gasteiger partial charge >= 0.3 is 6.09 Å². The highest BCUT2D eigenvalue weighted by atomic mass is 16.6. The van der Waals surface area contributed by atoms with Crippen LogP contribution in [0.1, 0.15) is 72.6 Å². The summed E-state index contributed by atoms with van der Waals surface area (Å²) in [5.41, 5.74) is -0.415. The fourth-order valence-corrected chi connectivity index (χ4v) is 3.76. The predicted octanol–water partition coefficient (Wildman–Crippen LogP) is 3.85. The number of nitrogens with one attached hydrogen (secondary N) is 2. The number of hydrogen-bond donors (Lipinski definition) is 2. The summed E-state index contributed by atoms with van der Waals surface area (Å²) < 4.78 is 5.33. The summed E-state index contributed by atoms with van der Waals surface area (Å²) in [5, 5.41) is 6.76. The van der Waals surface area contributed by atoms with Crippen molar-refractivity contribution in [2.24, 2.45) is 11.8 Å². The van der Waals surface area contributed by atoms with E-state index in [9.17, 15) is 4.79 Å². The molecule has 4 heteroatoms. The second kappa shape index (κ2) is 7.67. The second-order valence-corrected chi connectivity index (χ2v) is 8.39. The molecular weight excluding hydrogens is 276 g/mol. The molecule has 2 saturated carbocycles. The van der Waals surface area contributed by atoms with Crippen LogP contribution in [0, 0.1) is 11.8 Å². The molecule has 0 aromatic rings. The van der Waals surface area contributed by atoms with E-state index in [2.05, 4.69) is 17.6 Å². The lowest BCUT2D eigenvalue weighted by atomic mass is 9.91. The van der Waals surface area contributed by atoms with Crippen molar-refractivity contribution in [3.05, 3.63) is 0 Å². The summed E-state index contributed by atoms with van der Waals surface area (Å²) in [6.07, 6.45) is 8.33. The van der Waals surface area contributed by atoms with E-state index in [1.807, 2.05) is 20.8 Å². The standard InChI is InChI=1S/C18H34N2O2/c1-13-5-6-14(11-13)12-19-15-7-9-16(10-8-15)20-17(21)22-18(2,3)4/h13-16,19H,5-12H2,1-4H3,(H,20,21). The number of rotatable bonds is 4. The van der Waals surface area contributed by atoms with E-state index in [0.29, 0.717) is 6.04 Å². The first-order valence-corrected chi connectivity index (χ1v) is 9.04. The summed E-state index contributed by atoms with van der Waals surface area (Å²) >= 11 is 0. The van der Waals surface area contributed by atoms with Gasteiger partial charge in [-0.3, -0.25) is 0 Å². The first-order valence-electron chi connectivity index (χ1n) is 9.04. The minimum atomic E-state index is -0.415. The van der Waals surface area contributed by atoms with E-state index in [-0.39, 0.29) is 12.1 Å².